The number of nitrogens with two attached hydrogens (primary N) is 1. The molecule has 1 aromatic carbocycles. The zero-order chi connectivity index (χ0) is 24.6. The van der Waals surface area contributed by atoms with Crippen LogP contribution in [0.1, 0.15) is 44.6 Å². The van der Waals surface area contributed by atoms with Gasteiger partial charge in [-0.05, 0) is 37.2 Å². The molecule has 10 nitrogen and oxygen atoms in total. The van der Waals surface area contributed by atoms with Crippen LogP contribution in [-0.2, 0) is 17.9 Å². The second-order valence-corrected chi connectivity index (χ2v) is 8.78. The first-order valence-electron chi connectivity index (χ1n) is 12.2. The Bertz CT molecular complexity index is 1110. The second kappa shape index (κ2) is 11.7. The number of amides is 1. The van der Waals surface area contributed by atoms with Gasteiger partial charge in [-0.2, -0.15) is 15.0 Å². The maximum Gasteiger partial charge on any atom is 0.410 e. The number of unbranched alkanes of at least 4 members (excludes halogenated alkanes) is 1. The van der Waals surface area contributed by atoms with Crippen molar-refractivity contribution in [3.8, 4) is 12.0 Å². The summed E-state index contributed by atoms with van der Waals surface area (Å²) < 4.78 is 18.6. The number of fused-ring (bicyclic) bond motifs is 1. The summed E-state index contributed by atoms with van der Waals surface area (Å²) >= 11 is 0. The van der Waals surface area contributed by atoms with E-state index in [1.165, 1.54) is 0 Å². The summed E-state index contributed by atoms with van der Waals surface area (Å²) in [6.45, 7) is 4.98. The molecule has 1 saturated heterocycles. The number of hydrogen-bond acceptors (Lipinski definition) is 8. The average Bonchev–Trinajstić information content (AvgIpc) is 3.25. The molecule has 1 amide bonds. The lowest BCUT2D eigenvalue weighted by atomic mass is 9.94. The molecule has 4 rings (SSSR count). The number of likely N-dealkylation sites (tertiary alicyclic amines) is 1. The van der Waals surface area contributed by atoms with Crippen LogP contribution in [-0.4, -0.2) is 57.3 Å². The summed E-state index contributed by atoms with van der Waals surface area (Å²) in [7, 11) is 1.58. The van der Waals surface area contributed by atoms with Crippen LogP contribution in [0.3, 0.4) is 0 Å². The molecular formula is C25H34N6O4. The molecule has 0 atom stereocenters. The summed E-state index contributed by atoms with van der Waals surface area (Å²) in [5, 5.41) is 0. The highest BCUT2D eigenvalue weighted by Gasteiger charge is 2.25. The zero-order valence-electron chi connectivity index (χ0n) is 20.5. The van der Waals surface area contributed by atoms with Crippen molar-refractivity contribution in [1.82, 2.24) is 24.4 Å². The molecule has 3 aromatic rings. The first kappa shape index (κ1) is 24.6. The molecule has 188 valence electrons. The fourth-order valence-electron chi connectivity index (χ4n) is 4.24. The van der Waals surface area contributed by atoms with Crippen molar-refractivity contribution >= 4 is 23.1 Å². The number of benzene rings is 1. The number of imidazole rings is 1. The van der Waals surface area contributed by atoms with E-state index in [0.29, 0.717) is 55.9 Å². The molecule has 0 bridgehead atoms. The van der Waals surface area contributed by atoms with Gasteiger partial charge in [-0.1, -0.05) is 43.7 Å². The number of ether oxygens (including phenoxy) is 3. The van der Waals surface area contributed by atoms with Gasteiger partial charge in [0.05, 0.1) is 13.7 Å². The summed E-state index contributed by atoms with van der Waals surface area (Å²) in [5.74, 6) is 0.746. The van der Waals surface area contributed by atoms with Crippen LogP contribution in [0.2, 0.25) is 0 Å². The predicted octanol–water partition coefficient (Wildman–Crippen LogP) is 4.03. The molecule has 0 spiro atoms. The Balaban J connectivity index is 1.33. The van der Waals surface area contributed by atoms with E-state index in [4.69, 9.17) is 19.9 Å². The summed E-state index contributed by atoms with van der Waals surface area (Å²) in [6.07, 6.45) is 4.42. The van der Waals surface area contributed by atoms with Crippen LogP contribution < -0.4 is 15.2 Å². The molecule has 0 radical (unpaired) electrons. The standard InChI is InChI=1S/C25H34N6O4/c1-3-4-16-34-23-28-21(26)20-22(29-23)31(24(27-20)33-2)15-12-18-10-13-30(14-11-18)25(32)35-17-19-8-6-5-7-9-19/h5-9,18H,3-4,10-17H2,1-2H3,(H2,26,28,29). The van der Waals surface area contributed by atoms with E-state index in [9.17, 15) is 4.79 Å². The van der Waals surface area contributed by atoms with Crippen LogP contribution in [0.5, 0.6) is 12.0 Å². The van der Waals surface area contributed by atoms with Gasteiger partial charge in [0.15, 0.2) is 17.0 Å². The number of anilines is 1. The highest BCUT2D eigenvalue weighted by molar-refractivity contribution is 5.83. The van der Waals surface area contributed by atoms with Gasteiger partial charge >= 0.3 is 12.1 Å². The predicted molar refractivity (Wildman–Crippen MR) is 132 cm³/mol. The van der Waals surface area contributed by atoms with Gasteiger partial charge in [-0.3, -0.25) is 4.57 Å². The molecule has 3 heterocycles. The minimum atomic E-state index is -0.252. The highest BCUT2D eigenvalue weighted by atomic mass is 16.6. The topological polar surface area (TPSA) is 118 Å². The molecule has 2 aromatic heterocycles. The molecule has 1 aliphatic heterocycles. The van der Waals surface area contributed by atoms with E-state index in [2.05, 4.69) is 21.9 Å². The van der Waals surface area contributed by atoms with Crippen molar-refractivity contribution < 1.29 is 19.0 Å². The van der Waals surface area contributed by atoms with Gasteiger partial charge in [0.2, 0.25) is 0 Å². The van der Waals surface area contributed by atoms with Gasteiger partial charge in [0.1, 0.15) is 6.61 Å². The van der Waals surface area contributed by atoms with Gasteiger partial charge in [0.25, 0.3) is 6.01 Å². The van der Waals surface area contributed by atoms with E-state index in [1.54, 1.807) is 12.0 Å². The zero-order valence-corrected chi connectivity index (χ0v) is 20.5. The summed E-state index contributed by atoms with van der Waals surface area (Å²) in [4.78, 5) is 27.5. The van der Waals surface area contributed by atoms with Crippen molar-refractivity contribution in [2.24, 2.45) is 5.92 Å². The number of piperidine rings is 1. The van der Waals surface area contributed by atoms with Gasteiger partial charge in [-0.25, -0.2) is 4.79 Å². The Hall–Kier alpha value is -3.56. The SMILES string of the molecule is CCCCOc1nc(N)c2nc(OC)n(CCC3CCN(C(=O)OCc4ccccc4)CC3)c2n1. The van der Waals surface area contributed by atoms with Crippen molar-refractivity contribution in [3.05, 3.63) is 35.9 Å². The lowest BCUT2D eigenvalue weighted by Gasteiger charge is -2.31. The molecule has 0 saturated carbocycles. The second-order valence-electron chi connectivity index (χ2n) is 8.78. The van der Waals surface area contributed by atoms with Crippen molar-refractivity contribution in [1.29, 1.82) is 0 Å². The maximum atomic E-state index is 12.4. The van der Waals surface area contributed by atoms with E-state index in [-0.39, 0.29) is 17.9 Å². The molecule has 10 heteroatoms. The number of carbonyl (C=O) groups is 1. The number of nitrogens with zero attached hydrogens (tertiary/aromatic N) is 5. The van der Waals surface area contributed by atoms with E-state index < -0.39 is 0 Å². The number of rotatable bonds is 10. The number of hydrogen-bond donors (Lipinski definition) is 1. The van der Waals surface area contributed by atoms with Crippen LogP contribution >= 0.6 is 0 Å². The quantitative estimate of drug-likeness (QED) is 0.430. The molecule has 35 heavy (non-hydrogen) atoms. The van der Waals surface area contributed by atoms with E-state index >= 15 is 0 Å². The third kappa shape index (κ3) is 6.12. The van der Waals surface area contributed by atoms with Crippen molar-refractivity contribution in [2.45, 2.75) is 52.2 Å². The first-order valence-corrected chi connectivity index (χ1v) is 12.2. The fraction of sp³-hybridized carbons (Fsp3) is 0.520. The number of nitrogen functional groups attached to an aromatic ring is 1. The minimum Gasteiger partial charge on any atom is -0.468 e. The lowest BCUT2D eigenvalue weighted by Crippen LogP contribution is -2.39. The average molecular weight is 483 g/mol. The monoisotopic (exact) mass is 482 g/mol. The number of aromatic nitrogens is 4. The highest BCUT2D eigenvalue weighted by Crippen LogP contribution is 2.28. The minimum absolute atomic E-state index is 0.252. The Morgan fingerprint density at radius 1 is 1.14 bits per heavy atom. The molecule has 0 unspecified atom stereocenters. The Morgan fingerprint density at radius 2 is 1.91 bits per heavy atom. The first-order chi connectivity index (χ1) is 17.1. The molecule has 2 N–H and O–H groups in total. The number of methoxy groups -OCH3 is 1. The summed E-state index contributed by atoms with van der Waals surface area (Å²) in [5.41, 5.74) is 8.25. The van der Waals surface area contributed by atoms with E-state index in [1.807, 2.05) is 34.9 Å². The smallest absolute Gasteiger partial charge is 0.410 e. The van der Waals surface area contributed by atoms with Crippen LogP contribution in [0, 0.1) is 5.92 Å². The van der Waals surface area contributed by atoms with Crippen molar-refractivity contribution in [2.75, 3.05) is 32.5 Å². The van der Waals surface area contributed by atoms with E-state index in [0.717, 1.165) is 37.7 Å². The Labute approximate surface area is 205 Å². The molecule has 1 aliphatic rings. The molecule has 1 fully saturated rings. The van der Waals surface area contributed by atoms with Crippen LogP contribution in [0.15, 0.2) is 30.3 Å². The third-order valence-corrected chi connectivity index (χ3v) is 6.32. The third-order valence-electron chi connectivity index (χ3n) is 6.32. The normalized spacial score (nSPS) is 14.3. The fourth-order valence-corrected chi connectivity index (χ4v) is 4.24. The van der Waals surface area contributed by atoms with Crippen molar-refractivity contribution in [3.63, 3.8) is 0 Å². The lowest BCUT2D eigenvalue weighted by molar-refractivity contribution is 0.0811. The van der Waals surface area contributed by atoms with Gasteiger partial charge in [0, 0.05) is 19.6 Å². The van der Waals surface area contributed by atoms with Crippen LogP contribution in [0.25, 0.3) is 11.2 Å². The largest absolute Gasteiger partial charge is 0.468 e. The van der Waals surface area contributed by atoms with Gasteiger partial charge < -0.3 is 24.8 Å². The Morgan fingerprint density at radius 3 is 2.63 bits per heavy atom. The molecular weight excluding hydrogens is 448 g/mol. The molecule has 0 aliphatic carbocycles. The number of aryl methyl sites for hydroxylation is 1. The maximum absolute atomic E-state index is 12.4. The van der Waals surface area contributed by atoms with Crippen LogP contribution in [0.4, 0.5) is 10.6 Å². The summed E-state index contributed by atoms with van der Waals surface area (Å²) in [6, 6.07) is 10.4. The number of carbonyl (C=O) groups excluding carboxylic acids is 1. The van der Waals surface area contributed by atoms with Gasteiger partial charge in [-0.15, -0.1) is 0 Å². The Kier molecular flexibility index (Phi) is 8.23.